The second-order valence-electron chi connectivity index (χ2n) is 1.22. The molecule has 0 aliphatic heterocycles. The van der Waals surface area contributed by atoms with Crippen molar-refractivity contribution in [2.24, 2.45) is 0 Å². The van der Waals surface area contributed by atoms with E-state index >= 15 is 0 Å². The Balaban J connectivity index is -0.0000000400. The zero-order valence-corrected chi connectivity index (χ0v) is 12.8. The van der Waals surface area contributed by atoms with Gasteiger partial charge in [0.1, 0.15) is 0 Å². The summed E-state index contributed by atoms with van der Waals surface area (Å²) in [6.07, 6.45) is 0. The molecule has 0 fully saturated rings. The normalized spacial score (nSPS) is 10.2. The summed E-state index contributed by atoms with van der Waals surface area (Å²) in [4.78, 5) is 0. The van der Waals surface area contributed by atoms with Crippen molar-refractivity contribution in [3.8, 4) is 0 Å². The Morgan fingerprint density at radius 2 is 0.471 bits per heavy atom. The van der Waals surface area contributed by atoms with Gasteiger partial charge in [0.15, 0.2) is 0 Å². The topological polar surface area (TPSA) is 241 Å². The summed E-state index contributed by atoms with van der Waals surface area (Å²) >= 11 is 0. The van der Waals surface area contributed by atoms with Crippen molar-refractivity contribution in [1.82, 2.24) is 0 Å². The molecule has 12 nitrogen and oxygen atoms in total. The van der Waals surface area contributed by atoms with Gasteiger partial charge in [0.25, 0.3) is 0 Å². The van der Waals surface area contributed by atoms with Crippen LogP contribution in [0.15, 0.2) is 0 Å². The molecule has 0 saturated carbocycles. The average molecular weight is 360 g/mol. The van der Waals surface area contributed by atoms with Gasteiger partial charge in [-0.05, 0) is 0 Å². The fraction of sp³-hybridized carbons (Fsp3) is 0. The van der Waals surface area contributed by atoms with Crippen LogP contribution in [0.3, 0.4) is 0 Å². The Labute approximate surface area is 128 Å². The predicted octanol–water partition coefficient (Wildman–Crippen LogP) is -4.40. The molecule has 17 heavy (non-hydrogen) atoms. The molecular formula is MgO12S3Ti. The summed E-state index contributed by atoms with van der Waals surface area (Å²) in [7, 11) is -15.5. The van der Waals surface area contributed by atoms with E-state index in [4.69, 9.17) is 52.6 Å². The van der Waals surface area contributed by atoms with Crippen molar-refractivity contribution >= 4 is 54.2 Å². The monoisotopic (exact) mass is 360 g/mol. The van der Waals surface area contributed by atoms with E-state index in [0.717, 1.165) is 0 Å². The third kappa shape index (κ3) is 3270. The van der Waals surface area contributed by atoms with E-state index in [0.29, 0.717) is 0 Å². The Kier molecular flexibility index (Phi) is 22.0. The number of hydrogen-bond donors (Lipinski definition) is 0. The molecule has 0 bridgehead atoms. The molecule has 0 N–H and O–H groups in total. The molecule has 0 saturated heterocycles. The first-order valence-electron chi connectivity index (χ1n) is 2.00. The summed E-state index contributed by atoms with van der Waals surface area (Å²) in [5.41, 5.74) is 0. The number of hydrogen-bond acceptors (Lipinski definition) is 12. The molecule has 0 aromatic heterocycles. The van der Waals surface area contributed by atoms with Crippen LogP contribution in [0.2, 0.25) is 0 Å². The van der Waals surface area contributed by atoms with E-state index in [1.165, 1.54) is 0 Å². The fourth-order valence-corrected chi connectivity index (χ4v) is 0. The first kappa shape index (κ1) is 30.8. The molecule has 0 heterocycles. The molecule has 0 aliphatic rings. The van der Waals surface area contributed by atoms with Gasteiger partial charge in [0, 0.05) is 31.2 Å². The number of rotatable bonds is 0. The first-order valence-corrected chi connectivity index (χ1v) is 6.00. The molecule has 96 valence electrons. The minimum atomic E-state index is -5.17. The van der Waals surface area contributed by atoms with Crippen molar-refractivity contribution in [1.29, 1.82) is 0 Å². The molecule has 17 heteroatoms. The second-order valence-corrected chi connectivity index (χ2v) is 3.67. The minimum absolute atomic E-state index is 0. The summed E-state index contributed by atoms with van der Waals surface area (Å²) in [6, 6.07) is 0. The molecule has 0 aromatic carbocycles. The van der Waals surface area contributed by atoms with Crippen LogP contribution in [0.5, 0.6) is 0 Å². The van der Waals surface area contributed by atoms with Gasteiger partial charge in [-0.1, -0.05) is 0 Å². The Hall–Kier alpha value is 1.09. The fourth-order valence-electron chi connectivity index (χ4n) is 0. The summed E-state index contributed by atoms with van der Waals surface area (Å²) < 4.78 is 102. The third-order valence-electron chi connectivity index (χ3n) is 0. The molecule has 0 atom stereocenters. The maximum absolute atomic E-state index is 8.52. The van der Waals surface area contributed by atoms with Crippen LogP contribution in [0.4, 0.5) is 0 Å². The predicted molar refractivity (Wildman–Crippen MR) is 37.2 cm³/mol. The van der Waals surface area contributed by atoms with Gasteiger partial charge < -0.3 is 27.3 Å². The van der Waals surface area contributed by atoms with Crippen LogP contribution in [-0.2, 0) is 52.9 Å². The first-order chi connectivity index (χ1) is 6.00. The largest absolute Gasteiger partial charge is 4.00 e. The third-order valence-corrected chi connectivity index (χ3v) is 0. The van der Waals surface area contributed by atoms with Crippen LogP contribution in [0.1, 0.15) is 0 Å². The van der Waals surface area contributed by atoms with Crippen molar-refractivity contribution in [2.75, 3.05) is 0 Å². The molecule has 0 radical (unpaired) electrons. The van der Waals surface area contributed by atoms with E-state index < -0.39 is 31.2 Å². The van der Waals surface area contributed by atoms with Gasteiger partial charge in [-0.3, -0.25) is 25.3 Å². The van der Waals surface area contributed by atoms with E-state index in [9.17, 15) is 0 Å². The van der Waals surface area contributed by atoms with Gasteiger partial charge >= 0.3 is 44.8 Å². The molecule has 0 aliphatic carbocycles. The smallest absolute Gasteiger partial charge is 0.759 e. The van der Waals surface area contributed by atoms with Gasteiger partial charge in [-0.15, -0.1) is 0 Å². The van der Waals surface area contributed by atoms with Crippen molar-refractivity contribution < 1.29 is 74.3 Å². The maximum atomic E-state index is 8.52. The summed E-state index contributed by atoms with van der Waals surface area (Å²) in [5.74, 6) is 0. The Morgan fingerprint density at radius 3 is 0.471 bits per heavy atom. The van der Waals surface area contributed by atoms with Gasteiger partial charge in [0.05, 0.1) is 0 Å². The molecule has 0 unspecified atom stereocenters. The molecule has 0 spiro atoms. The summed E-state index contributed by atoms with van der Waals surface area (Å²) in [6.45, 7) is 0. The standard InChI is InChI=1S/Mg.3H2O4S.Ti/c;3*1-5(2,3)4;/h;3*(H2,1,2,3,4);/q+2;;;;+4/p-6. The second kappa shape index (κ2) is 12.1. The van der Waals surface area contributed by atoms with Crippen LogP contribution in [0, 0.1) is 0 Å². The van der Waals surface area contributed by atoms with Crippen molar-refractivity contribution in [3.05, 3.63) is 0 Å². The van der Waals surface area contributed by atoms with Crippen LogP contribution >= 0.6 is 0 Å². The van der Waals surface area contributed by atoms with Crippen LogP contribution in [0.25, 0.3) is 0 Å². The minimum Gasteiger partial charge on any atom is -0.759 e. The van der Waals surface area contributed by atoms with Gasteiger partial charge in [-0.25, -0.2) is 0 Å². The van der Waals surface area contributed by atoms with E-state index in [1.54, 1.807) is 0 Å². The summed E-state index contributed by atoms with van der Waals surface area (Å²) in [5, 5.41) is 0. The van der Waals surface area contributed by atoms with Gasteiger partial charge in [0.2, 0.25) is 0 Å². The van der Waals surface area contributed by atoms with Crippen LogP contribution in [-0.4, -0.2) is 75.6 Å². The van der Waals surface area contributed by atoms with Crippen molar-refractivity contribution in [2.45, 2.75) is 0 Å². The van der Waals surface area contributed by atoms with E-state index in [2.05, 4.69) is 0 Å². The van der Waals surface area contributed by atoms with Crippen molar-refractivity contribution in [3.63, 3.8) is 0 Å². The molecule has 0 rings (SSSR count). The quantitative estimate of drug-likeness (QED) is 0.226. The molecule has 0 aromatic rings. The SMILES string of the molecule is O=S(=O)([O-])[O-].O=S(=O)([O-])[O-].O=S(=O)([O-])[O-].[Mg+2].[Ti+4]. The van der Waals surface area contributed by atoms with E-state index in [1.807, 2.05) is 0 Å². The maximum Gasteiger partial charge on any atom is 4.00 e. The molecule has 0 amide bonds. The van der Waals surface area contributed by atoms with E-state index in [-0.39, 0.29) is 44.8 Å². The average Bonchev–Trinajstić information content (AvgIpc) is 1.41. The molecular weight excluding hydrogens is 360 g/mol. The Bertz CT molecular complexity index is 343. The van der Waals surface area contributed by atoms with Crippen LogP contribution < -0.4 is 0 Å². The Morgan fingerprint density at radius 1 is 0.471 bits per heavy atom. The zero-order valence-electron chi connectivity index (χ0n) is 7.33. The van der Waals surface area contributed by atoms with Gasteiger partial charge in [-0.2, -0.15) is 0 Å². The zero-order chi connectivity index (χ0) is 13.5.